The van der Waals surface area contributed by atoms with E-state index in [1.54, 1.807) is 54.7 Å². The molecule has 0 bridgehead atoms. The van der Waals surface area contributed by atoms with E-state index in [-0.39, 0.29) is 36.1 Å². The minimum absolute atomic E-state index is 0. The standard InChI is InChI=1S/C18H22ClN3O2.2ClH/c1-18(2,11-20)12-22(3)17(23)13-4-5-16(15(19)10-13)24-14-6-8-21-9-7-14;;/h4-10H,11-12,20H2,1-3H3;2*1H. The van der Waals surface area contributed by atoms with E-state index in [1.807, 2.05) is 13.8 Å². The largest absolute Gasteiger partial charge is 0.456 e. The van der Waals surface area contributed by atoms with Gasteiger partial charge in [-0.25, -0.2) is 0 Å². The number of hydrogen-bond donors (Lipinski definition) is 1. The first-order valence-corrected chi connectivity index (χ1v) is 8.03. The Morgan fingerprint density at radius 2 is 1.85 bits per heavy atom. The van der Waals surface area contributed by atoms with Crippen LogP contribution in [0.15, 0.2) is 42.7 Å². The zero-order valence-corrected chi connectivity index (χ0v) is 17.3. The molecule has 0 fully saturated rings. The van der Waals surface area contributed by atoms with Crippen molar-refractivity contribution in [2.24, 2.45) is 11.1 Å². The van der Waals surface area contributed by atoms with Crippen molar-refractivity contribution in [1.82, 2.24) is 9.88 Å². The fraction of sp³-hybridized carbons (Fsp3) is 0.333. The highest BCUT2D eigenvalue weighted by molar-refractivity contribution is 6.32. The van der Waals surface area contributed by atoms with E-state index in [0.717, 1.165) is 0 Å². The summed E-state index contributed by atoms with van der Waals surface area (Å²) >= 11 is 6.26. The first-order chi connectivity index (χ1) is 11.3. The summed E-state index contributed by atoms with van der Waals surface area (Å²) in [6.45, 7) is 5.12. The first kappa shape index (κ1) is 24.5. The molecule has 0 saturated heterocycles. The molecular formula is C18H24Cl3N3O2. The molecule has 1 amide bonds. The Kier molecular flexibility index (Phi) is 9.96. The van der Waals surface area contributed by atoms with Crippen molar-refractivity contribution in [1.29, 1.82) is 0 Å². The number of nitrogens with two attached hydrogens (primary N) is 1. The molecule has 0 spiro atoms. The van der Waals surface area contributed by atoms with Gasteiger partial charge in [-0.1, -0.05) is 25.4 Å². The molecule has 1 aromatic heterocycles. The van der Waals surface area contributed by atoms with Crippen LogP contribution in [0.1, 0.15) is 24.2 Å². The molecular weight excluding hydrogens is 397 g/mol. The minimum atomic E-state index is -0.140. The van der Waals surface area contributed by atoms with Gasteiger partial charge in [-0.05, 0) is 42.3 Å². The number of amides is 1. The van der Waals surface area contributed by atoms with Crippen LogP contribution in [0.2, 0.25) is 5.02 Å². The molecule has 2 aromatic rings. The van der Waals surface area contributed by atoms with Crippen LogP contribution in [0, 0.1) is 5.41 Å². The van der Waals surface area contributed by atoms with Crippen LogP contribution in [-0.4, -0.2) is 35.9 Å². The summed E-state index contributed by atoms with van der Waals surface area (Å²) in [5.74, 6) is 1.02. The van der Waals surface area contributed by atoms with Crippen molar-refractivity contribution in [3.63, 3.8) is 0 Å². The van der Waals surface area contributed by atoms with Crippen LogP contribution >= 0.6 is 36.4 Å². The van der Waals surface area contributed by atoms with Crippen LogP contribution in [0.5, 0.6) is 11.5 Å². The average Bonchev–Trinajstić information content (AvgIpc) is 2.56. The van der Waals surface area contributed by atoms with Crippen LogP contribution in [-0.2, 0) is 0 Å². The van der Waals surface area contributed by atoms with Gasteiger partial charge >= 0.3 is 0 Å². The quantitative estimate of drug-likeness (QED) is 0.750. The maximum atomic E-state index is 12.5. The van der Waals surface area contributed by atoms with Gasteiger partial charge in [0.25, 0.3) is 5.91 Å². The fourth-order valence-electron chi connectivity index (χ4n) is 2.25. The Hall–Kier alpha value is -1.53. The van der Waals surface area contributed by atoms with E-state index in [2.05, 4.69) is 4.98 Å². The number of carbonyl (C=O) groups excluding carboxylic acids is 1. The van der Waals surface area contributed by atoms with Crippen molar-refractivity contribution >= 4 is 42.3 Å². The highest BCUT2D eigenvalue weighted by Crippen LogP contribution is 2.30. The third kappa shape index (κ3) is 6.65. The van der Waals surface area contributed by atoms with E-state index in [1.165, 1.54) is 0 Å². The second-order valence-electron chi connectivity index (χ2n) is 6.46. The Morgan fingerprint density at radius 1 is 1.23 bits per heavy atom. The Balaban J connectivity index is 0.00000312. The molecule has 26 heavy (non-hydrogen) atoms. The van der Waals surface area contributed by atoms with Crippen molar-refractivity contribution < 1.29 is 9.53 Å². The molecule has 0 unspecified atom stereocenters. The first-order valence-electron chi connectivity index (χ1n) is 7.65. The Bertz CT molecular complexity index is 712. The molecule has 2 N–H and O–H groups in total. The molecule has 0 aliphatic carbocycles. The third-order valence-corrected chi connectivity index (χ3v) is 3.92. The second-order valence-corrected chi connectivity index (χ2v) is 6.87. The third-order valence-electron chi connectivity index (χ3n) is 3.62. The second kappa shape index (κ2) is 10.6. The number of rotatable bonds is 6. The van der Waals surface area contributed by atoms with Gasteiger partial charge in [0, 0.05) is 31.5 Å². The van der Waals surface area contributed by atoms with Crippen LogP contribution in [0.4, 0.5) is 0 Å². The molecule has 8 heteroatoms. The summed E-state index contributed by atoms with van der Waals surface area (Å²) in [6, 6.07) is 8.48. The number of nitrogens with zero attached hydrogens (tertiary/aromatic N) is 2. The number of hydrogen-bond acceptors (Lipinski definition) is 4. The SMILES string of the molecule is CN(CC(C)(C)CN)C(=O)c1ccc(Oc2ccncc2)c(Cl)c1.Cl.Cl. The van der Waals surface area contributed by atoms with Crippen LogP contribution in [0.25, 0.3) is 0 Å². The zero-order valence-electron chi connectivity index (χ0n) is 14.9. The number of pyridine rings is 1. The summed E-state index contributed by atoms with van der Waals surface area (Å²) in [5.41, 5.74) is 6.10. The Labute approximate surface area is 171 Å². The maximum Gasteiger partial charge on any atom is 0.253 e. The minimum Gasteiger partial charge on any atom is -0.456 e. The highest BCUT2D eigenvalue weighted by Gasteiger charge is 2.22. The van der Waals surface area contributed by atoms with Gasteiger partial charge in [0.15, 0.2) is 0 Å². The molecule has 0 aliphatic heterocycles. The van der Waals surface area contributed by atoms with Gasteiger partial charge in [0.05, 0.1) is 5.02 Å². The Morgan fingerprint density at radius 3 is 2.38 bits per heavy atom. The average molecular weight is 421 g/mol. The molecule has 0 saturated carbocycles. The number of halogens is 3. The van der Waals surface area contributed by atoms with Crippen LogP contribution in [0.3, 0.4) is 0 Å². The van der Waals surface area contributed by atoms with Gasteiger partial charge in [-0.2, -0.15) is 0 Å². The van der Waals surface area contributed by atoms with E-state index in [4.69, 9.17) is 22.1 Å². The smallest absolute Gasteiger partial charge is 0.253 e. The van der Waals surface area contributed by atoms with E-state index >= 15 is 0 Å². The molecule has 5 nitrogen and oxygen atoms in total. The van der Waals surface area contributed by atoms with E-state index < -0.39 is 0 Å². The van der Waals surface area contributed by atoms with Gasteiger partial charge in [-0.3, -0.25) is 9.78 Å². The molecule has 144 valence electrons. The lowest BCUT2D eigenvalue weighted by atomic mass is 9.93. The number of aromatic nitrogens is 1. The lowest BCUT2D eigenvalue weighted by Crippen LogP contribution is -2.39. The molecule has 0 atom stereocenters. The summed E-state index contributed by atoms with van der Waals surface area (Å²) < 4.78 is 5.69. The fourth-order valence-corrected chi connectivity index (χ4v) is 2.47. The summed E-state index contributed by atoms with van der Waals surface area (Å²) in [7, 11) is 1.76. The van der Waals surface area contributed by atoms with Crippen molar-refractivity contribution in [2.75, 3.05) is 20.1 Å². The zero-order chi connectivity index (χ0) is 17.7. The highest BCUT2D eigenvalue weighted by atomic mass is 35.5. The number of carbonyl (C=O) groups is 1. The monoisotopic (exact) mass is 419 g/mol. The van der Waals surface area contributed by atoms with Crippen LogP contribution < -0.4 is 10.5 Å². The van der Waals surface area contributed by atoms with E-state index in [0.29, 0.717) is 35.2 Å². The maximum absolute atomic E-state index is 12.5. The van der Waals surface area contributed by atoms with Gasteiger partial charge in [-0.15, -0.1) is 24.8 Å². The molecule has 1 heterocycles. The normalized spacial score (nSPS) is 10.3. The van der Waals surface area contributed by atoms with Gasteiger partial charge < -0.3 is 15.4 Å². The van der Waals surface area contributed by atoms with Crippen molar-refractivity contribution in [2.45, 2.75) is 13.8 Å². The molecule has 2 rings (SSSR count). The lowest BCUT2D eigenvalue weighted by molar-refractivity contribution is 0.0740. The van der Waals surface area contributed by atoms with Gasteiger partial charge in [0.1, 0.15) is 11.5 Å². The molecule has 1 aromatic carbocycles. The lowest BCUT2D eigenvalue weighted by Gasteiger charge is -2.29. The summed E-state index contributed by atoms with van der Waals surface area (Å²) in [6.07, 6.45) is 3.27. The predicted octanol–water partition coefficient (Wildman–Crippen LogP) is 4.43. The summed E-state index contributed by atoms with van der Waals surface area (Å²) in [5, 5.41) is 0.379. The topological polar surface area (TPSA) is 68.5 Å². The molecule has 0 aliphatic rings. The van der Waals surface area contributed by atoms with E-state index in [9.17, 15) is 4.79 Å². The summed E-state index contributed by atoms with van der Waals surface area (Å²) in [4.78, 5) is 18.1. The van der Waals surface area contributed by atoms with Crippen molar-refractivity contribution in [3.05, 3.63) is 53.3 Å². The van der Waals surface area contributed by atoms with Crippen molar-refractivity contribution in [3.8, 4) is 11.5 Å². The predicted molar refractivity (Wildman–Crippen MR) is 110 cm³/mol. The van der Waals surface area contributed by atoms with Gasteiger partial charge in [0.2, 0.25) is 0 Å². The number of ether oxygens (including phenoxy) is 1. The number of benzene rings is 1. The molecule has 0 radical (unpaired) electrons.